The zero-order chi connectivity index (χ0) is 12.2. The Kier molecular flexibility index (Phi) is 4.29. The molecular formula is C11H13F4N. The Morgan fingerprint density at radius 2 is 2.00 bits per heavy atom. The molecule has 0 fully saturated rings. The van der Waals surface area contributed by atoms with Gasteiger partial charge in [-0.05, 0) is 24.6 Å². The molecule has 0 saturated carbocycles. The summed E-state index contributed by atoms with van der Waals surface area (Å²) in [6.45, 7) is 1.53. The molecule has 5 heteroatoms. The van der Waals surface area contributed by atoms with Crippen LogP contribution in [0.2, 0.25) is 0 Å². The lowest BCUT2D eigenvalue weighted by Crippen LogP contribution is -2.24. The van der Waals surface area contributed by atoms with Crippen molar-refractivity contribution in [2.45, 2.75) is 25.6 Å². The van der Waals surface area contributed by atoms with Gasteiger partial charge >= 0.3 is 6.18 Å². The molecule has 1 rings (SSSR count). The molecular weight excluding hydrogens is 222 g/mol. The third kappa shape index (κ3) is 4.61. The Morgan fingerprint density at radius 3 is 2.56 bits per heavy atom. The van der Waals surface area contributed by atoms with Crippen LogP contribution in [-0.2, 0) is 0 Å². The molecule has 0 aliphatic rings. The number of hydrogen-bond donors (Lipinski definition) is 1. The first-order valence-corrected chi connectivity index (χ1v) is 4.94. The summed E-state index contributed by atoms with van der Waals surface area (Å²) < 4.78 is 48.4. The van der Waals surface area contributed by atoms with Gasteiger partial charge in [-0.2, -0.15) is 13.2 Å². The van der Waals surface area contributed by atoms with Crippen LogP contribution < -0.4 is 5.32 Å². The Balaban J connectivity index is 2.44. The van der Waals surface area contributed by atoms with Crippen molar-refractivity contribution in [3.63, 3.8) is 0 Å². The van der Waals surface area contributed by atoms with E-state index >= 15 is 0 Å². The zero-order valence-corrected chi connectivity index (χ0v) is 8.81. The summed E-state index contributed by atoms with van der Waals surface area (Å²) in [4.78, 5) is 0. The Bertz CT molecular complexity index is 335. The molecule has 16 heavy (non-hydrogen) atoms. The molecule has 0 aliphatic carbocycles. The van der Waals surface area contributed by atoms with Gasteiger partial charge in [-0.3, -0.25) is 0 Å². The zero-order valence-electron chi connectivity index (χ0n) is 8.81. The second-order valence-corrected chi connectivity index (χ2v) is 3.60. The molecule has 1 unspecified atom stereocenters. The first-order chi connectivity index (χ1) is 7.38. The number of halogens is 4. The number of alkyl halides is 3. The molecule has 0 radical (unpaired) electrons. The lowest BCUT2D eigenvalue weighted by atomic mass is 10.1. The lowest BCUT2D eigenvalue weighted by molar-refractivity contribution is -0.133. The van der Waals surface area contributed by atoms with Crippen molar-refractivity contribution in [1.29, 1.82) is 0 Å². The van der Waals surface area contributed by atoms with E-state index in [1.54, 1.807) is 13.0 Å². The fourth-order valence-corrected chi connectivity index (χ4v) is 1.32. The van der Waals surface area contributed by atoms with Gasteiger partial charge in [0.2, 0.25) is 0 Å². The molecule has 1 nitrogen and oxygen atoms in total. The van der Waals surface area contributed by atoms with Crippen LogP contribution in [0.3, 0.4) is 0 Å². The highest BCUT2D eigenvalue weighted by atomic mass is 19.4. The fraction of sp³-hybridized carbons (Fsp3) is 0.455. The van der Waals surface area contributed by atoms with E-state index in [0.29, 0.717) is 5.56 Å². The summed E-state index contributed by atoms with van der Waals surface area (Å²) in [5.74, 6) is -0.387. The quantitative estimate of drug-likeness (QED) is 0.788. The molecule has 90 valence electrons. The normalized spacial score (nSPS) is 13.8. The predicted octanol–water partition coefficient (Wildman–Crippen LogP) is 3.43. The van der Waals surface area contributed by atoms with Crippen molar-refractivity contribution >= 4 is 0 Å². The number of hydrogen-bond acceptors (Lipinski definition) is 1. The van der Waals surface area contributed by atoms with Gasteiger partial charge in [-0.25, -0.2) is 4.39 Å². The van der Waals surface area contributed by atoms with Gasteiger partial charge in [0.15, 0.2) is 0 Å². The maximum absolute atomic E-state index is 12.8. The fourth-order valence-electron chi connectivity index (χ4n) is 1.32. The van der Waals surface area contributed by atoms with E-state index in [-0.39, 0.29) is 18.4 Å². The molecule has 0 heterocycles. The van der Waals surface area contributed by atoms with Crippen LogP contribution in [0.1, 0.15) is 24.9 Å². The van der Waals surface area contributed by atoms with E-state index in [0.717, 1.165) is 0 Å². The monoisotopic (exact) mass is 235 g/mol. The summed E-state index contributed by atoms with van der Waals surface area (Å²) in [7, 11) is 0. The van der Waals surface area contributed by atoms with Gasteiger partial charge in [0, 0.05) is 12.6 Å². The first-order valence-electron chi connectivity index (χ1n) is 4.94. The van der Waals surface area contributed by atoms with E-state index < -0.39 is 12.6 Å². The van der Waals surface area contributed by atoms with Gasteiger partial charge in [-0.15, -0.1) is 0 Å². The SMILES string of the molecule is CC(NCCC(F)(F)F)c1cccc(F)c1. The van der Waals surface area contributed by atoms with Crippen LogP contribution >= 0.6 is 0 Å². The number of nitrogens with one attached hydrogen (secondary N) is 1. The molecule has 1 atom stereocenters. The van der Waals surface area contributed by atoms with E-state index in [4.69, 9.17) is 0 Å². The van der Waals surface area contributed by atoms with Crippen molar-refractivity contribution in [3.8, 4) is 0 Å². The molecule has 1 aromatic rings. The number of rotatable bonds is 4. The molecule has 1 N–H and O–H groups in total. The topological polar surface area (TPSA) is 12.0 Å². The molecule has 0 bridgehead atoms. The van der Waals surface area contributed by atoms with Crippen LogP contribution in [-0.4, -0.2) is 12.7 Å². The van der Waals surface area contributed by atoms with Gasteiger partial charge < -0.3 is 5.32 Å². The van der Waals surface area contributed by atoms with Gasteiger partial charge in [0.1, 0.15) is 5.82 Å². The smallest absolute Gasteiger partial charge is 0.310 e. The maximum atomic E-state index is 12.8. The minimum atomic E-state index is -4.16. The lowest BCUT2D eigenvalue weighted by Gasteiger charge is -2.15. The molecule has 0 aromatic heterocycles. The van der Waals surface area contributed by atoms with Gasteiger partial charge in [0.05, 0.1) is 6.42 Å². The first kappa shape index (κ1) is 13.0. The number of benzene rings is 1. The van der Waals surface area contributed by atoms with Crippen molar-refractivity contribution in [2.24, 2.45) is 0 Å². The van der Waals surface area contributed by atoms with Crippen molar-refractivity contribution in [1.82, 2.24) is 5.32 Å². The van der Waals surface area contributed by atoms with Crippen LogP contribution in [0.15, 0.2) is 24.3 Å². The van der Waals surface area contributed by atoms with E-state index in [9.17, 15) is 17.6 Å². The molecule has 1 aromatic carbocycles. The second kappa shape index (κ2) is 5.30. The Labute approximate surface area is 91.5 Å². The third-order valence-electron chi connectivity index (χ3n) is 2.21. The van der Waals surface area contributed by atoms with Crippen LogP contribution in [0.25, 0.3) is 0 Å². The summed E-state index contributed by atoms with van der Waals surface area (Å²) in [6.07, 6.45) is -5.04. The van der Waals surface area contributed by atoms with Crippen LogP contribution in [0.4, 0.5) is 17.6 Å². The summed E-state index contributed by atoms with van der Waals surface area (Å²) in [6, 6.07) is 5.52. The van der Waals surface area contributed by atoms with Crippen molar-refractivity contribution < 1.29 is 17.6 Å². The standard InChI is InChI=1S/C11H13F4N/c1-8(16-6-5-11(13,14)15)9-3-2-4-10(12)7-9/h2-4,7-8,16H,5-6H2,1H3. The van der Waals surface area contributed by atoms with Gasteiger partial charge in [0.25, 0.3) is 0 Å². The van der Waals surface area contributed by atoms with Crippen molar-refractivity contribution in [3.05, 3.63) is 35.6 Å². The second-order valence-electron chi connectivity index (χ2n) is 3.60. The molecule has 0 saturated heterocycles. The highest BCUT2D eigenvalue weighted by Gasteiger charge is 2.26. The molecule has 0 aliphatic heterocycles. The highest BCUT2D eigenvalue weighted by molar-refractivity contribution is 5.19. The van der Waals surface area contributed by atoms with Crippen LogP contribution in [0.5, 0.6) is 0 Å². The summed E-state index contributed by atoms with van der Waals surface area (Å²) in [5, 5.41) is 2.70. The average Bonchev–Trinajstić information content (AvgIpc) is 2.15. The minimum absolute atomic E-state index is 0.165. The molecule has 0 amide bonds. The highest BCUT2D eigenvalue weighted by Crippen LogP contribution is 2.19. The van der Waals surface area contributed by atoms with E-state index in [2.05, 4.69) is 5.32 Å². The average molecular weight is 235 g/mol. The van der Waals surface area contributed by atoms with Gasteiger partial charge in [-0.1, -0.05) is 12.1 Å². The summed E-state index contributed by atoms with van der Waals surface area (Å²) in [5.41, 5.74) is 0.641. The minimum Gasteiger partial charge on any atom is -0.310 e. The van der Waals surface area contributed by atoms with E-state index in [1.165, 1.54) is 18.2 Å². The predicted molar refractivity (Wildman–Crippen MR) is 53.5 cm³/mol. The maximum Gasteiger partial charge on any atom is 0.390 e. The Morgan fingerprint density at radius 1 is 1.31 bits per heavy atom. The van der Waals surface area contributed by atoms with Crippen LogP contribution in [0, 0.1) is 5.82 Å². The van der Waals surface area contributed by atoms with Crippen molar-refractivity contribution in [2.75, 3.05) is 6.54 Å². The largest absolute Gasteiger partial charge is 0.390 e. The summed E-state index contributed by atoms with van der Waals surface area (Å²) >= 11 is 0. The molecule has 0 spiro atoms. The third-order valence-corrected chi connectivity index (χ3v) is 2.21. The Hall–Kier alpha value is -1.10. The van der Waals surface area contributed by atoms with E-state index in [1.807, 2.05) is 0 Å².